The zero-order valence-electron chi connectivity index (χ0n) is 12.4. The number of carbonyl (C=O) groups is 2. The Balaban J connectivity index is 2.19. The van der Waals surface area contributed by atoms with Gasteiger partial charge in [0.05, 0.1) is 11.4 Å². The van der Waals surface area contributed by atoms with Gasteiger partial charge in [-0.25, -0.2) is 14.6 Å². The van der Waals surface area contributed by atoms with Crippen molar-refractivity contribution in [3.8, 4) is 0 Å². The van der Waals surface area contributed by atoms with Crippen LogP contribution in [-0.4, -0.2) is 49.3 Å². The second-order valence-corrected chi connectivity index (χ2v) is 5.18. The smallest absolute Gasteiger partial charge is 0.329 e. The largest absolute Gasteiger partial charge is 0.479 e. The molecule has 1 atom stereocenters. The van der Waals surface area contributed by atoms with E-state index in [1.54, 1.807) is 20.8 Å². The highest BCUT2D eigenvalue weighted by molar-refractivity contribution is 5.93. The van der Waals surface area contributed by atoms with Gasteiger partial charge in [-0.05, 0) is 33.1 Å². The molecule has 1 unspecified atom stereocenters. The minimum Gasteiger partial charge on any atom is -0.479 e. The molecule has 1 saturated heterocycles. The molecule has 1 fully saturated rings. The molecule has 114 valence electrons. The minimum atomic E-state index is -1.14. The van der Waals surface area contributed by atoms with Crippen molar-refractivity contribution in [2.24, 2.45) is 0 Å². The number of nitrogens with one attached hydrogen (secondary N) is 1. The van der Waals surface area contributed by atoms with Crippen LogP contribution in [0.2, 0.25) is 0 Å². The van der Waals surface area contributed by atoms with Crippen LogP contribution in [0, 0.1) is 13.8 Å². The Kier molecular flexibility index (Phi) is 4.06. The molecule has 0 aliphatic carbocycles. The van der Waals surface area contributed by atoms with Gasteiger partial charge in [-0.3, -0.25) is 5.32 Å². The molecule has 0 radical (unpaired) electrons. The van der Waals surface area contributed by atoms with E-state index >= 15 is 0 Å². The zero-order valence-corrected chi connectivity index (χ0v) is 12.4. The number of likely N-dealkylation sites (tertiary alicyclic amines) is 1. The summed E-state index contributed by atoms with van der Waals surface area (Å²) in [6.07, 6.45) is 1.49. The van der Waals surface area contributed by atoms with Crippen LogP contribution in [0.3, 0.4) is 0 Å². The first-order valence-corrected chi connectivity index (χ1v) is 6.90. The summed E-state index contributed by atoms with van der Waals surface area (Å²) in [5, 5.41) is 19.7. The van der Waals surface area contributed by atoms with Gasteiger partial charge < -0.3 is 10.0 Å². The number of amides is 2. The first-order valence-electron chi connectivity index (χ1n) is 6.90. The van der Waals surface area contributed by atoms with E-state index < -0.39 is 17.5 Å². The Morgan fingerprint density at radius 1 is 1.33 bits per heavy atom. The molecular formula is C13H19N5O3. The second kappa shape index (κ2) is 5.63. The average molecular weight is 293 g/mol. The van der Waals surface area contributed by atoms with Crippen molar-refractivity contribution in [3.05, 3.63) is 11.4 Å². The van der Waals surface area contributed by atoms with Crippen LogP contribution in [0.4, 0.5) is 10.7 Å². The van der Waals surface area contributed by atoms with E-state index in [2.05, 4.69) is 20.5 Å². The molecule has 21 heavy (non-hydrogen) atoms. The Bertz CT molecular complexity index is 577. The first-order chi connectivity index (χ1) is 9.90. The van der Waals surface area contributed by atoms with E-state index in [1.807, 2.05) is 0 Å². The second-order valence-electron chi connectivity index (χ2n) is 5.18. The maximum atomic E-state index is 12.3. The molecule has 1 aromatic heterocycles. The van der Waals surface area contributed by atoms with Gasteiger partial charge in [0.1, 0.15) is 5.54 Å². The molecule has 8 nitrogen and oxygen atoms in total. The quantitative estimate of drug-likeness (QED) is 0.870. The number of carboxylic acid groups (broad SMARTS) is 1. The summed E-state index contributed by atoms with van der Waals surface area (Å²) in [6.45, 7) is 5.72. The molecule has 2 heterocycles. The SMILES string of the molecule is CCC1(C(=O)O)CCCN1C(=O)Nc1nnc(C)c(C)n1. The van der Waals surface area contributed by atoms with Crippen LogP contribution in [0.25, 0.3) is 0 Å². The van der Waals surface area contributed by atoms with Crippen molar-refractivity contribution in [2.45, 2.75) is 45.6 Å². The molecule has 1 aliphatic heterocycles. The summed E-state index contributed by atoms with van der Waals surface area (Å²) in [5.41, 5.74) is 0.210. The van der Waals surface area contributed by atoms with E-state index in [4.69, 9.17) is 0 Å². The summed E-state index contributed by atoms with van der Waals surface area (Å²) in [5.74, 6) is -0.887. The lowest BCUT2D eigenvalue weighted by Crippen LogP contribution is -2.54. The highest BCUT2D eigenvalue weighted by atomic mass is 16.4. The summed E-state index contributed by atoms with van der Waals surface area (Å²) in [6, 6.07) is -0.498. The van der Waals surface area contributed by atoms with Crippen LogP contribution in [0.15, 0.2) is 0 Å². The lowest BCUT2D eigenvalue weighted by molar-refractivity contribution is -0.148. The normalized spacial score (nSPS) is 21.4. The third kappa shape index (κ3) is 2.65. The van der Waals surface area contributed by atoms with Gasteiger partial charge in [-0.2, -0.15) is 5.10 Å². The van der Waals surface area contributed by atoms with Gasteiger partial charge >= 0.3 is 12.0 Å². The number of aryl methyl sites for hydroxylation is 2. The fraction of sp³-hybridized carbons (Fsp3) is 0.615. The number of anilines is 1. The van der Waals surface area contributed by atoms with Crippen LogP contribution in [0.1, 0.15) is 37.6 Å². The number of aromatic nitrogens is 3. The Labute approximate surface area is 122 Å². The van der Waals surface area contributed by atoms with Gasteiger partial charge in [-0.1, -0.05) is 6.92 Å². The third-order valence-corrected chi connectivity index (χ3v) is 4.03. The third-order valence-electron chi connectivity index (χ3n) is 4.03. The summed E-state index contributed by atoms with van der Waals surface area (Å²) < 4.78 is 0. The number of aliphatic carboxylic acids is 1. The topological polar surface area (TPSA) is 108 Å². The molecule has 0 spiro atoms. The fourth-order valence-electron chi connectivity index (χ4n) is 2.59. The van der Waals surface area contributed by atoms with Crippen LogP contribution >= 0.6 is 0 Å². The molecule has 1 aliphatic rings. The zero-order chi connectivity index (χ0) is 15.6. The van der Waals surface area contributed by atoms with Crippen LogP contribution in [-0.2, 0) is 4.79 Å². The predicted molar refractivity (Wildman–Crippen MR) is 74.9 cm³/mol. The summed E-state index contributed by atoms with van der Waals surface area (Å²) in [4.78, 5) is 29.4. The van der Waals surface area contributed by atoms with E-state index in [-0.39, 0.29) is 5.95 Å². The molecule has 1 aromatic rings. The summed E-state index contributed by atoms with van der Waals surface area (Å²) >= 11 is 0. The molecule has 2 amide bonds. The van der Waals surface area contributed by atoms with Crippen molar-refractivity contribution in [1.29, 1.82) is 0 Å². The van der Waals surface area contributed by atoms with E-state index in [9.17, 15) is 14.7 Å². The maximum absolute atomic E-state index is 12.3. The van der Waals surface area contributed by atoms with Gasteiger partial charge in [0.15, 0.2) is 0 Å². The molecule has 2 N–H and O–H groups in total. The number of hydrogen-bond acceptors (Lipinski definition) is 5. The van der Waals surface area contributed by atoms with Crippen molar-refractivity contribution in [2.75, 3.05) is 11.9 Å². The number of urea groups is 1. The number of carboxylic acids is 1. The Morgan fingerprint density at radius 3 is 2.62 bits per heavy atom. The van der Waals surface area contributed by atoms with Gasteiger partial charge in [-0.15, -0.1) is 5.10 Å². The van der Waals surface area contributed by atoms with Crippen molar-refractivity contribution >= 4 is 17.9 Å². The number of rotatable bonds is 3. The average Bonchev–Trinajstić information content (AvgIpc) is 2.88. The molecule has 8 heteroatoms. The Hall–Kier alpha value is -2.25. The monoisotopic (exact) mass is 293 g/mol. The van der Waals surface area contributed by atoms with Crippen molar-refractivity contribution in [1.82, 2.24) is 20.1 Å². The standard InChI is InChI=1S/C13H19N5O3/c1-4-13(10(19)20)6-5-7-18(13)12(21)15-11-14-8(2)9(3)16-17-11/h4-7H2,1-3H3,(H,19,20)(H,14,15,17,21). The van der Waals surface area contributed by atoms with Crippen molar-refractivity contribution < 1.29 is 14.7 Å². The molecular weight excluding hydrogens is 274 g/mol. The highest BCUT2D eigenvalue weighted by Crippen LogP contribution is 2.33. The van der Waals surface area contributed by atoms with Crippen LogP contribution < -0.4 is 5.32 Å². The van der Waals surface area contributed by atoms with E-state index in [1.165, 1.54) is 4.90 Å². The van der Waals surface area contributed by atoms with E-state index in [0.29, 0.717) is 37.2 Å². The number of carbonyl (C=O) groups excluding carboxylic acids is 1. The maximum Gasteiger partial charge on any atom is 0.329 e. The minimum absolute atomic E-state index is 0.0883. The lowest BCUT2D eigenvalue weighted by Gasteiger charge is -2.33. The summed E-state index contributed by atoms with van der Waals surface area (Å²) in [7, 11) is 0. The molecule has 0 bridgehead atoms. The van der Waals surface area contributed by atoms with E-state index in [0.717, 1.165) is 0 Å². The fourth-order valence-corrected chi connectivity index (χ4v) is 2.59. The van der Waals surface area contributed by atoms with Crippen molar-refractivity contribution in [3.63, 3.8) is 0 Å². The lowest BCUT2D eigenvalue weighted by atomic mass is 9.93. The van der Waals surface area contributed by atoms with Gasteiger partial charge in [0.2, 0.25) is 0 Å². The van der Waals surface area contributed by atoms with Gasteiger partial charge in [0.25, 0.3) is 5.95 Å². The van der Waals surface area contributed by atoms with Gasteiger partial charge in [0, 0.05) is 6.54 Å². The number of hydrogen-bond donors (Lipinski definition) is 2. The van der Waals surface area contributed by atoms with Crippen LogP contribution in [0.5, 0.6) is 0 Å². The highest BCUT2D eigenvalue weighted by Gasteiger charge is 2.48. The molecule has 0 saturated carbocycles. The molecule has 2 rings (SSSR count). The predicted octanol–water partition coefficient (Wildman–Crippen LogP) is 1.35. The number of nitrogens with zero attached hydrogens (tertiary/aromatic N) is 4. The Morgan fingerprint density at radius 2 is 2.05 bits per heavy atom. The first kappa shape index (κ1) is 15.1. The molecule has 0 aromatic carbocycles.